The van der Waals surface area contributed by atoms with Crippen molar-refractivity contribution in [2.24, 2.45) is 0 Å². The molecule has 1 aliphatic rings. The zero-order valence-corrected chi connectivity index (χ0v) is 13.7. The number of carbonyl (C=O) groups is 1. The van der Waals surface area contributed by atoms with Gasteiger partial charge in [-0.2, -0.15) is 0 Å². The van der Waals surface area contributed by atoms with Crippen LogP contribution in [-0.4, -0.2) is 33.6 Å². The molecule has 1 atom stereocenters. The predicted octanol–water partition coefficient (Wildman–Crippen LogP) is 3.76. The van der Waals surface area contributed by atoms with Gasteiger partial charge < -0.3 is 10.2 Å². The lowest BCUT2D eigenvalue weighted by Gasteiger charge is -2.34. The highest BCUT2D eigenvalue weighted by Crippen LogP contribution is 2.21. The van der Waals surface area contributed by atoms with Crippen molar-refractivity contribution >= 4 is 17.4 Å². The van der Waals surface area contributed by atoms with E-state index in [2.05, 4.69) is 22.4 Å². The van der Waals surface area contributed by atoms with Crippen LogP contribution in [0.1, 0.15) is 43.1 Å². The number of hydrogen-bond donors (Lipinski definition) is 1. The van der Waals surface area contributed by atoms with Gasteiger partial charge in [0.25, 0.3) is 5.91 Å². The van der Waals surface area contributed by atoms with E-state index in [1.807, 2.05) is 4.90 Å². The topological polar surface area (TPSA) is 58.1 Å². The van der Waals surface area contributed by atoms with E-state index in [1.165, 1.54) is 18.6 Å². The first-order chi connectivity index (χ1) is 11.7. The third kappa shape index (κ3) is 3.69. The number of anilines is 2. The van der Waals surface area contributed by atoms with Crippen LogP contribution in [0.2, 0.25) is 0 Å². The Morgan fingerprint density at radius 2 is 2.17 bits per heavy atom. The van der Waals surface area contributed by atoms with Crippen LogP contribution in [0.3, 0.4) is 0 Å². The molecule has 5 nitrogen and oxygen atoms in total. The van der Waals surface area contributed by atoms with Crippen molar-refractivity contribution in [3.63, 3.8) is 0 Å². The van der Waals surface area contributed by atoms with Gasteiger partial charge in [0, 0.05) is 18.3 Å². The Balaban J connectivity index is 1.70. The zero-order chi connectivity index (χ0) is 16.9. The molecule has 1 aromatic carbocycles. The first-order valence-corrected chi connectivity index (χ1v) is 8.34. The van der Waals surface area contributed by atoms with Gasteiger partial charge >= 0.3 is 0 Å². The summed E-state index contributed by atoms with van der Waals surface area (Å²) in [6, 6.07) is 9.75. The van der Waals surface area contributed by atoms with E-state index in [0.29, 0.717) is 17.2 Å². The highest BCUT2D eigenvalue weighted by atomic mass is 19.1. The number of aromatic nitrogens is 2. The van der Waals surface area contributed by atoms with Gasteiger partial charge in [0.05, 0.1) is 0 Å². The standard InChI is InChI=1S/C18H21FN4O/c1-2-15-8-3-4-11-23(15)18(24)16-9-10-17(22-21-16)20-14-7-5-6-13(19)12-14/h5-7,9-10,12,15H,2-4,8,11H2,1H3,(H,20,22). The lowest BCUT2D eigenvalue weighted by atomic mass is 9.99. The summed E-state index contributed by atoms with van der Waals surface area (Å²) in [5.41, 5.74) is 0.936. The minimum Gasteiger partial charge on any atom is -0.339 e. The van der Waals surface area contributed by atoms with Crippen molar-refractivity contribution in [2.75, 3.05) is 11.9 Å². The van der Waals surface area contributed by atoms with Gasteiger partial charge in [-0.05, 0) is 56.0 Å². The quantitative estimate of drug-likeness (QED) is 0.928. The molecule has 2 aromatic rings. The Morgan fingerprint density at radius 3 is 2.88 bits per heavy atom. The minimum absolute atomic E-state index is 0.0636. The Kier molecular flexibility index (Phi) is 5.03. The molecule has 126 valence electrons. The second kappa shape index (κ2) is 7.38. The number of hydrogen-bond acceptors (Lipinski definition) is 4. The summed E-state index contributed by atoms with van der Waals surface area (Å²) in [4.78, 5) is 14.5. The second-order valence-electron chi connectivity index (χ2n) is 6.00. The predicted molar refractivity (Wildman–Crippen MR) is 90.7 cm³/mol. The van der Waals surface area contributed by atoms with Crippen LogP contribution in [0, 0.1) is 5.82 Å². The number of nitrogens with zero attached hydrogens (tertiary/aromatic N) is 3. The number of amides is 1. The van der Waals surface area contributed by atoms with E-state index in [-0.39, 0.29) is 17.8 Å². The molecule has 24 heavy (non-hydrogen) atoms. The van der Waals surface area contributed by atoms with Crippen LogP contribution in [-0.2, 0) is 0 Å². The molecular weight excluding hydrogens is 307 g/mol. The summed E-state index contributed by atoms with van der Waals surface area (Å²) in [6.45, 7) is 2.89. The molecular formula is C18H21FN4O. The normalized spacial score (nSPS) is 17.6. The molecule has 1 saturated heterocycles. The fourth-order valence-electron chi connectivity index (χ4n) is 3.07. The van der Waals surface area contributed by atoms with Gasteiger partial charge in [-0.1, -0.05) is 13.0 Å². The first kappa shape index (κ1) is 16.4. The third-order valence-electron chi connectivity index (χ3n) is 4.34. The number of piperidine rings is 1. The molecule has 6 heteroatoms. The van der Waals surface area contributed by atoms with Crippen molar-refractivity contribution in [3.8, 4) is 0 Å². The monoisotopic (exact) mass is 328 g/mol. The average molecular weight is 328 g/mol. The number of nitrogens with one attached hydrogen (secondary N) is 1. The SMILES string of the molecule is CCC1CCCCN1C(=O)c1ccc(Nc2cccc(F)c2)nn1. The first-order valence-electron chi connectivity index (χ1n) is 8.34. The van der Waals surface area contributed by atoms with Gasteiger partial charge in [0.2, 0.25) is 0 Å². The lowest BCUT2D eigenvalue weighted by Crippen LogP contribution is -2.43. The average Bonchev–Trinajstić information content (AvgIpc) is 2.62. The molecule has 1 unspecified atom stereocenters. The molecule has 2 heterocycles. The molecule has 1 N–H and O–H groups in total. The van der Waals surface area contributed by atoms with Crippen molar-refractivity contribution in [3.05, 3.63) is 47.9 Å². The molecule has 1 aromatic heterocycles. The fourth-order valence-corrected chi connectivity index (χ4v) is 3.07. The molecule has 0 radical (unpaired) electrons. The Bertz CT molecular complexity index is 704. The summed E-state index contributed by atoms with van der Waals surface area (Å²) in [6.07, 6.45) is 4.21. The van der Waals surface area contributed by atoms with Gasteiger partial charge in [-0.3, -0.25) is 4.79 Å². The highest BCUT2D eigenvalue weighted by Gasteiger charge is 2.27. The van der Waals surface area contributed by atoms with Gasteiger partial charge in [-0.15, -0.1) is 10.2 Å². The molecule has 1 amide bonds. The van der Waals surface area contributed by atoms with Crippen LogP contribution < -0.4 is 5.32 Å². The van der Waals surface area contributed by atoms with Crippen LogP contribution in [0.5, 0.6) is 0 Å². The van der Waals surface area contributed by atoms with Gasteiger partial charge in [0.15, 0.2) is 11.5 Å². The summed E-state index contributed by atoms with van der Waals surface area (Å²) in [7, 11) is 0. The smallest absolute Gasteiger partial charge is 0.274 e. The van der Waals surface area contributed by atoms with Crippen LogP contribution >= 0.6 is 0 Å². The van der Waals surface area contributed by atoms with E-state index in [4.69, 9.17) is 0 Å². The van der Waals surface area contributed by atoms with Crippen molar-refractivity contribution in [1.29, 1.82) is 0 Å². The van der Waals surface area contributed by atoms with E-state index < -0.39 is 0 Å². The van der Waals surface area contributed by atoms with Crippen molar-refractivity contribution in [1.82, 2.24) is 15.1 Å². The molecule has 0 aliphatic carbocycles. The van der Waals surface area contributed by atoms with Crippen LogP contribution in [0.25, 0.3) is 0 Å². The van der Waals surface area contributed by atoms with E-state index >= 15 is 0 Å². The molecule has 0 spiro atoms. The molecule has 1 fully saturated rings. The number of carbonyl (C=O) groups excluding carboxylic acids is 1. The third-order valence-corrected chi connectivity index (χ3v) is 4.34. The molecule has 0 bridgehead atoms. The summed E-state index contributed by atoms with van der Waals surface area (Å²) < 4.78 is 13.2. The zero-order valence-electron chi connectivity index (χ0n) is 13.7. The van der Waals surface area contributed by atoms with Crippen LogP contribution in [0.4, 0.5) is 15.9 Å². The van der Waals surface area contributed by atoms with E-state index in [1.54, 1.807) is 24.3 Å². The number of benzene rings is 1. The van der Waals surface area contributed by atoms with Gasteiger partial charge in [0.1, 0.15) is 5.82 Å². The van der Waals surface area contributed by atoms with E-state index in [0.717, 1.165) is 25.8 Å². The molecule has 3 rings (SSSR count). The largest absolute Gasteiger partial charge is 0.339 e. The molecule has 0 saturated carbocycles. The minimum atomic E-state index is -0.324. The maximum Gasteiger partial charge on any atom is 0.274 e. The summed E-state index contributed by atoms with van der Waals surface area (Å²) in [5, 5.41) is 11.1. The van der Waals surface area contributed by atoms with E-state index in [9.17, 15) is 9.18 Å². The lowest BCUT2D eigenvalue weighted by molar-refractivity contribution is 0.0601. The highest BCUT2D eigenvalue weighted by molar-refractivity contribution is 5.92. The Labute approximate surface area is 140 Å². The Hall–Kier alpha value is -2.50. The fraction of sp³-hybridized carbons (Fsp3) is 0.389. The maximum atomic E-state index is 13.2. The summed E-state index contributed by atoms with van der Waals surface area (Å²) in [5.74, 6) is 0.0876. The van der Waals surface area contributed by atoms with Gasteiger partial charge in [-0.25, -0.2) is 4.39 Å². The number of halogens is 1. The number of likely N-dealkylation sites (tertiary alicyclic amines) is 1. The second-order valence-corrected chi connectivity index (χ2v) is 6.00. The maximum absolute atomic E-state index is 13.2. The van der Waals surface area contributed by atoms with Crippen molar-refractivity contribution < 1.29 is 9.18 Å². The number of rotatable bonds is 4. The van der Waals surface area contributed by atoms with Crippen LogP contribution in [0.15, 0.2) is 36.4 Å². The Morgan fingerprint density at radius 1 is 1.29 bits per heavy atom. The molecule has 1 aliphatic heterocycles. The van der Waals surface area contributed by atoms with Crippen molar-refractivity contribution in [2.45, 2.75) is 38.6 Å². The summed E-state index contributed by atoms with van der Waals surface area (Å²) >= 11 is 0.